The van der Waals surface area contributed by atoms with E-state index in [4.69, 9.17) is 0 Å². The molecule has 17 heavy (non-hydrogen) atoms. The van der Waals surface area contributed by atoms with Gasteiger partial charge in [0.1, 0.15) is 0 Å². The minimum Gasteiger partial charge on any atom is -0.353 e. The minimum atomic E-state index is 0.203. The summed E-state index contributed by atoms with van der Waals surface area (Å²) in [6.07, 6.45) is 7.03. The van der Waals surface area contributed by atoms with Crippen molar-refractivity contribution in [2.45, 2.75) is 58.4 Å². The second kappa shape index (κ2) is 5.38. The molecular formula is C14H26N2O. The summed E-state index contributed by atoms with van der Waals surface area (Å²) in [5.74, 6) is 0.480. The van der Waals surface area contributed by atoms with E-state index in [1.165, 1.54) is 12.8 Å². The third-order valence-corrected chi connectivity index (χ3v) is 4.22. The van der Waals surface area contributed by atoms with Gasteiger partial charge in [0, 0.05) is 12.6 Å². The molecule has 0 aromatic rings. The van der Waals surface area contributed by atoms with Crippen LogP contribution in [-0.4, -0.2) is 25.0 Å². The van der Waals surface area contributed by atoms with Crippen LogP contribution in [0.4, 0.5) is 0 Å². The molecule has 98 valence electrons. The molecule has 1 unspecified atom stereocenters. The van der Waals surface area contributed by atoms with Gasteiger partial charge in [-0.2, -0.15) is 0 Å². The zero-order valence-corrected chi connectivity index (χ0v) is 11.2. The Morgan fingerprint density at radius 2 is 2.12 bits per heavy atom. The van der Waals surface area contributed by atoms with Crippen molar-refractivity contribution in [3.8, 4) is 0 Å². The van der Waals surface area contributed by atoms with Crippen LogP contribution in [0, 0.1) is 11.3 Å². The maximum Gasteiger partial charge on any atom is 0.224 e. The Morgan fingerprint density at radius 3 is 2.76 bits per heavy atom. The Labute approximate surface area is 105 Å². The smallest absolute Gasteiger partial charge is 0.224 e. The molecule has 2 fully saturated rings. The van der Waals surface area contributed by atoms with Gasteiger partial charge in [-0.15, -0.1) is 0 Å². The van der Waals surface area contributed by atoms with E-state index in [1.54, 1.807) is 0 Å². The second-order valence-corrected chi connectivity index (χ2v) is 6.51. The molecule has 2 rings (SSSR count). The third kappa shape index (κ3) is 3.70. The van der Waals surface area contributed by atoms with Crippen molar-refractivity contribution in [2.24, 2.45) is 11.3 Å². The van der Waals surface area contributed by atoms with Crippen molar-refractivity contribution < 1.29 is 4.79 Å². The number of carbonyl (C=O) groups is 1. The summed E-state index contributed by atoms with van der Waals surface area (Å²) in [6.45, 7) is 6.56. The van der Waals surface area contributed by atoms with Crippen LogP contribution in [0.15, 0.2) is 0 Å². The van der Waals surface area contributed by atoms with Gasteiger partial charge in [-0.3, -0.25) is 4.79 Å². The molecule has 3 heteroatoms. The molecule has 1 aliphatic carbocycles. The van der Waals surface area contributed by atoms with E-state index in [1.807, 2.05) is 0 Å². The molecule has 2 aliphatic rings. The van der Waals surface area contributed by atoms with Gasteiger partial charge in [0.05, 0.1) is 5.92 Å². The molecule has 1 saturated heterocycles. The van der Waals surface area contributed by atoms with Gasteiger partial charge in [0.2, 0.25) is 5.91 Å². The minimum absolute atomic E-state index is 0.203. The van der Waals surface area contributed by atoms with Gasteiger partial charge in [-0.1, -0.05) is 20.3 Å². The third-order valence-electron chi connectivity index (χ3n) is 4.22. The fourth-order valence-corrected chi connectivity index (χ4v) is 3.22. The summed E-state index contributed by atoms with van der Waals surface area (Å²) in [6, 6.07) is 0.410. The van der Waals surface area contributed by atoms with Gasteiger partial charge in [0.25, 0.3) is 0 Å². The lowest BCUT2D eigenvalue weighted by Gasteiger charge is -2.36. The average Bonchev–Trinajstić information content (AvgIpc) is 2.29. The number of piperidine rings is 1. The molecule has 2 atom stereocenters. The normalized spacial score (nSPS) is 33.1. The fraction of sp³-hybridized carbons (Fsp3) is 0.929. The van der Waals surface area contributed by atoms with Crippen LogP contribution in [0.1, 0.15) is 52.4 Å². The molecule has 0 aromatic carbocycles. The van der Waals surface area contributed by atoms with Crippen molar-refractivity contribution in [3.63, 3.8) is 0 Å². The van der Waals surface area contributed by atoms with Crippen LogP contribution in [0.2, 0.25) is 0 Å². The molecular weight excluding hydrogens is 212 g/mol. The highest BCUT2D eigenvalue weighted by molar-refractivity contribution is 5.79. The fourth-order valence-electron chi connectivity index (χ4n) is 3.22. The Balaban J connectivity index is 1.81. The topological polar surface area (TPSA) is 41.1 Å². The molecule has 0 spiro atoms. The van der Waals surface area contributed by atoms with Crippen LogP contribution in [-0.2, 0) is 4.79 Å². The molecule has 1 amide bonds. The van der Waals surface area contributed by atoms with Gasteiger partial charge >= 0.3 is 0 Å². The molecule has 2 N–H and O–H groups in total. The molecule has 0 aromatic heterocycles. The first kappa shape index (κ1) is 12.9. The predicted molar refractivity (Wildman–Crippen MR) is 69.8 cm³/mol. The van der Waals surface area contributed by atoms with Crippen LogP contribution < -0.4 is 10.6 Å². The lowest BCUT2D eigenvalue weighted by molar-refractivity contribution is -0.126. The zero-order valence-electron chi connectivity index (χ0n) is 11.2. The van der Waals surface area contributed by atoms with E-state index in [9.17, 15) is 4.79 Å². The Morgan fingerprint density at radius 1 is 1.29 bits per heavy atom. The molecule has 0 radical (unpaired) electrons. The second-order valence-electron chi connectivity index (χ2n) is 6.51. The largest absolute Gasteiger partial charge is 0.353 e. The van der Waals surface area contributed by atoms with Crippen molar-refractivity contribution >= 4 is 5.91 Å². The molecule has 0 bridgehead atoms. The highest BCUT2D eigenvalue weighted by Crippen LogP contribution is 2.35. The summed E-state index contributed by atoms with van der Waals surface area (Å²) in [7, 11) is 0. The summed E-state index contributed by atoms with van der Waals surface area (Å²) in [5.41, 5.74) is 0.404. The van der Waals surface area contributed by atoms with E-state index < -0.39 is 0 Å². The first-order valence-corrected chi connectivity index (χ1v) is 7.08. The van der Waals surface area contributed by atoms with Crippen LogP contribution in [0.3, 0.4) is 0 Å². The quantitative estimate of drug-likeness (QED) is 0.773. The lowest BCUT2D eigenvalue weighted by Crippen LogP contribution is -2.46. The van der Waals surface area contributed by atoms with E-state index in [2.05, 4.69) is 24.5 Å². The van der Waals surface area contributed by atoms with Gasteiger partial charge in [-0.25, -0.2) is 0 Å². The van der Waals surface area contributed by atoms with E-state index in [-0.39, 0.29) is 11.8 Å². The summed E-state index contributed by atoms with van der Waals surface area (Å²) >= 11 is 0. The number of rotatable bonds is 2. The maximum absolute atomic E-state index is 12.1. The van der Waals surface area contributed by atoms with Gasteiger partial charge < -0.3 is 10.6 Å². The van der Waals surface area contributed by atoms with E-state index in [0.29, 0.717) is 11.5 Å². The SMILES string of the molecule is CC1(C)CCCC(NC(=O)[C@H]2CCCNC2)C1. The summed E-state index contributed by atoms with van der Waals surface area (Å²) in [4.78, 5) is 12.1. The number of amides is 1. The first-order chi connectivity index (χ1) is 8.07. The van der Waals surface area contributed by atoms with Crippen LogP contribution >= 0.6 is 0 Å². The van der Waals surface area contributed by atoms with Crippen molar-refractivity contribution in [3.05, 3.63) is 0 Å². The summed E-state index contributed by atoms with van der Waals surface area (Å²) < 4.78 is 0. The maximum atomic E-state index is 12.1. The average molecular weight is 238 g/mol. The molecule has 1 aliphatic heterocycles. The van der Waals surface area contributed by atoms with Crippen molar-refractivity contribution in [1.82, 2.24) is 10.6 Å². The zero-order chi connectivity index (χ0) is 12.3. The van der Waals surface area contributed by atoms with Gasteiger partial charge in [0.15, 0.2) is 0 Å². The van der Waals surface area contributed by atoms with Crippen LogP contribution in [0.5, 0.6) is 0 Å². The predicted octanol–water partition coefficient (Wildman–Crippen LogP) is 2.07. The van der Waals surface area contributed by atoms with Crippen LogP contribution in [0.25, 0.3) is 0 Å². The summed E-state index contributed by atoms with van der Waals surface area (Å²) in [5, 5.41) is 6.57. The number of hydrogen-bond donors (Lipinski definition) is 2. The van der Waals surface area contributed by atoms with Crippen molar-refractivity contribution in [1.29, 1.82) is 0 Å². The van der Waals surface area contributed by atoms with Gasteiger partial charge in [-0.05, 0) is 44.1 Å². The highest BCUT2D eigenvalue weighted by Gasteiger charge is 2.30. The van der Waals surface area contributed by atoms with E-state index in [0.717, 1.165) is 38.8 Å². The standard InChI is InChI=1S/C14H26N2O/c1-14(2)7-3-6-12(9-14)16-13(17)11-5-4-8-15-10-11/h11-12,15H,3-10H2,1-2H3,(H,16,17)/t11-,12?/m0/s1. The van der Waals surface area contributed by atoms with E-state index >= 15 is 0 Å². The Kier molecular flexibility index (Phi) is 4.08. The number of nitrogens with one attached hydrogen (secondary N) is 2. The monoisotopic (exact) mass is 238 g/mol. The number of hydrogen-bond acceptors (Lipinski definition) is 2. The first-order valence-electron chi connectivity index (χ1n) is 7.08. The Hall–Kier alpha value is -0.570. The highest BCUT2D eigenvalue weighted by atomic mass is 16.2. The Bertz CT molecular complexity index is 269. The molecule has 1 heterocycles. The number of carbonyl (C=O) groups excluding carboxylic acids is 1. The van der Waals surface area contributed by atoms with Crippen molar-refractivity contribution in [2.75, 3.05) is 13.1 Å². The molecule has 3 nitrogen and oxygen atoms in total. The molecule has 1 saturated carbocycles. The lowest BCUT2D eigenvalue weighted by atomic mass is 9.75.